The van der Waals surface area contributed by atoms with Crippen LogP contribution in [0.1, 0.15) is 45.3 Å². The highest BCUT2D eigenvalue weighted by molar-refractivity contribution is 7.89. The first kappa shape index (κ1) is 14.6. The molecule has 1 atom stereocenters. The maximum atomic E-state index is 12.3. The van der Waals surface area contributed by atoms with Crippen LogP contribution in [0.2, 0.25) is 0 Å². The van der Waals surface area contributed by atoms with Crippen molar-refractivity contribution in [1.29, 1.82) is 0 Å². The molecule has 1 saturated carbocycles. The Morgan fingerprint density at radius 1 is 1.42 bits per heavy atom. The highest BCUT2D eigenvalue weighted by Gasteiger charge is 2.31. The van der Waals surface area contributed by atoms with E-state index >= 15 is 0 Å². The molecule has 0 spiro atoms. The molecular weight excluding hydrogens is 264 g/mol. The topological polar surface area (TPSA) is 71.3 Å². The van der Waals surface area contributed by atoms with Gasteiger partial charge < -0.3 is 9.67 Å². The summed E-state index contributed by atoms with van der Waals surface area (Å²) in [5.74, 6) is 0.472. The lowest BCUT2D eigenvalue weighted by molar-refractivity contribution is 0.268. The summed E-state index contributed by atoms with van der Waals surface area (Å²) in [7, 11) is -3.49. The predicted octanol–water partition coefficient (Wildman–Crippen LogP) is 1.64. The summed E-state index contributed by atoms with van der Waals surface area (Å²) in [6.45, 7) is 5.65. The molecule has 19 heavy (non-hydrogen) atoms. The standard InChI is InChI=1S/C13H22N2O3S/c1-9(2)15-7-13(6-12(15)8-16)19(17,18)14-10(3)11-4-5-11/h6-7,9-11,14,16H,4-5,8H2,1-3H3. The molecule has 1 fully saturated rings. The third-order valence-corrected chi connectivity index (χ3v) is 5.13. The fourth-order valence-corrected chi connectivity index (χ4v) is 3.62. The fourth-order valence-electron chi connectivity index (χ4n) is 2.26. The summed E-state index contributed by atoms with van der Waals surface area (Å²) in [6, 6.07) is 1.64. The second-order valence-corrected chi connectivity index (χ2v) is 7.29. The minimum Gasteiger partial charge on any atom is -0.390 e. The number of hydrogen-bond donors (Lipinski definition) is 2. The molecule has 6 heteroatoms. The van der Waals surface area contributed by atoms with E-state index in [2.05, 4.69) is 4.72 Å². The van der Waals surface area contributed by atoms with Gasteiger partial charge in [0.25, 0.3) is 0 Å². The number of aliphatic hydroxyl groups is 1. The van der Waals surface area contributed by atoms with Crippen LogP contribution >= 0.6 is 0 Å². The predicted molar refractivity (Wildman–Crippen MR) is 73.2 cm³/mol. The van der Waals surface area contributed by atoms with Crippen LogP contribution in [0.15, 0.2) is 17.2 Å². The normalized spacial score (nSPS) is 17.9. The molecule has 0 radical (unpaired) electrons. The lowest BCUT2D eigenvalue weighted by atomic mass is 10.2. The molecule has 1 heterocycles. The van der Waals surface area contributed by atoms with Crippen LogP contribution in [-0.2, 0) is 16.6 Å². The van der Waals surface area contributed by atoms with Crippen LogP contribution in [0.4, 0.5) is 0 Å². The van der Waals surface area contributed by atoms with Crippen molar-refractivity contribution < 1.29 is 13.5 Å². The molecule has 0 amide bonds. The van der Waals surface area contributed by atoms with Gasteiger partial charge >= 0.3 is 0 Å². The third-order valence-electron chi connectivity index (χ3n) is 3.61. The summed E-state index contributed by atoms with van der Waals surface area (Å²) >= 11 is 0. The Morgan fingerprint density at radius 2 is 2.05 bits per heavy atom. The van der Waals surface area contributed by atoms with Gasteiger partial charge in [-0.25, -0.2) is 13.1 Å². The van der Waals surface area contributed by atoms with Gasteiger partial charge in [0.15, 0.2) is 0 Å². The zero-order valence-corrected chi connectivity index (χ0v) is 12.4. The van der Waals surface area contributed by atoms with Gasteiger partial charge in [-0.15, -0.1) is 0 Å². The maximum Gasteiger partial charge on any atom is 0.242 e. The Balaban J connectivity index is 2.24. The first-order valence-corrected chi connectivity index (χ1v) is 8.17. The lowest BCUT2D eigenvalue weighted by Gasteiger charge is -2.12. The minimum atomic E-state index is -3.49. The monoisotopic (exact) mass is 286 g/mol. The van der Waals surface area contributed by atoms with Gasteiger partial charge in [-0.3, -0.25) is 0 Å². The molecule has 1 aliphatic rings. The highest BCUT2D eigenvalue weighted by atomic mass is 32.2. The first-order chi connectivity index (χ1) is 8.85. The molecule has 1 aliphatic carbocycles. The molecule has 108 valence electrons. The number of sulfonamides is 1. The third kappa shape index (κ3) is 3.19. The van der Waals surface area contributed by atoms with Crippen molar-refractivity contribution in [2.45, 2.75) is 57.2 Å². The first-order valence-electron chi connectivity index (χ1n) is 6.69. The molecule has 2 rings (SSSR count). The molecule has 0 bridgehead atoms. The smallest absolute Gasteiger partial charge is 0.242 e. The van der Waals surface area contributed by atoms with Gasteiger partial charge in [0.1, 0.15) is 0 Å². The van der Waals surface area contributed by atoms with Crippen molar-refractivity contribution in [2.75, 3.05) is 0 Å². The van der Waals surface area contributed by atoms with E-state index in [1.165, 1.54) is 0 Å². The Labute approximate surface area is 114 Å². The van der Waals surface area contributed by atoms with Crippen LogP contribution in [0, 0.1) is 5.92 Å². The summed E-state index contributed by atoms with van der Waals surface area (Å²) in [5.41, 5.74) is 0.620. The van der Waals surface area contributed by atoms with Crippen molar-refractivity contribution in [2.24, 2.45) is 5.92 Å². The van der Waals surface area contributed by atoms with Crippen LogP contribution in [-0.4, -0.2) is 24.1 Å². The van der Waals surface area contributed by atoms with Gasteiger partial charge in [-0.1, -0.05) is 0 Å². The van der Waals surface area contributed by atoms with E-state index in [0.29, 0.717) is 11.6 Å². The molecule has 0 saturated heterocycles. The molecule has 2 N–H and O–H groups in total. The van der Waals surface area contributed by atoms with E-state index in [4.69, 9.17) is 0 Å². The second-order valence-electron chi connectivity index (χ2n) is 5.57. The number of rotatable bonds is 6. The van der Waals surface area contributed by atoms with E-state index in [0.717, 1.165) is 12.8 Å². The second kappa shape index (κ2) is 5.26. The van der Waals surface area contributed by atoms with Crippen LogP contribution in [0.25, 0.3) is 0 Å². The largest absolute Gasteiger partial charge is 0.390 e. The van der Waals surface area contributed by atoms with E-state index in [1.54, 1.807) is 16.8 Å². The highest BCUT2D eigenvalue weighted by Crippen LogP contribution is 2.33. The van der Waals surface area contributed by atoms with Crippen LogP contribution in [0.3, 0.4) is 0 Å². The Bertz CT molecular complexity index is 544. The molecule has 1 aromatic rings. The van der Waals surface area contributed by atoms with Crippen molar-refractivity contribution in [3.63, 3.8) is 0 Å². The summed E-state index contributed by atoms with van der Waals surface area (Å²) in [5, 5.41) is 9.29. The van der Waals surface area contributed by atoms with E-state index in [-0.39, 0.29) is 23.6 Å². The number of aliphatic hydroxyl groups excluding tert-OH is 1. The van der Waals surface area contributed by atoms with Crippen molar-refractivity contribution in [1.82, 2.24) is 9.29 Å². The van der Waals surface area contributed by atoms with Gasteiger partial charge in [0.2, 0.25) is 10.0 Å². The number of hydrogen-bond acceptors (Lipinski definition) is 3. The number of aromatic nitrogens is 1. The SMILES string of the molecule is CC(NS(=O)(=O)c1cc(CO)n(C(C)C)c1)C1CC1. The van der Waals surface area contributed by atoms with E-state index in [1.807, 2.05) is 20.8 Å². The zero-order valence-electron chi connectivity index (χ0n) is 11.6. The van der Waals surface area contributed by atoms with Crippen molar-refractivity contribution in [3.05, 3.63) is 18.0 Å². The van der Waals surface area contributed by atoms with Crippen molar-refractivity contribution >= 4 is 10.0 Å². The number of nitrogens with zero attached hydrogens (tertiary/aromatic N) is 1. The maximum absolute atomic E-state index is 12.3. The number of nitrogens with one attached hydrogen (secondary N) is 1. The zero-order chi connectivity index (χ0) is 14.2. The van der Waals surface area contributed by atoms with Gasteiger partial charge in [-0.2, -0.15) is 0 Å². The molecule has 0 aliphatic heterocycles. The van der Waals surface area contributed by atoms with Crippen molar-refractivity contribution in [3.8, 4) is 0 Å². The Kier molecular flexibility index (Phi) is 4.03. The lowest BCUT2D eigenvalue weighted by Crippen LogP contribution is -2.33. The van der Waals surface area contributed by atoms with E-state index in [9.17, 15) is 13.5 Å². The summed E-state index contributed by atoms with van der Waals surface area (Å²) in [6.07, 6.45) is 3.79. The van der Waals surface area contributed by atoms with E-state index < -0.39 is 10.0 Å². The summed E-state index contributed by atoms with van der Waals surface area (Å²) in [4.78, 5) is 0.234. The fraction of sp³-hybridized carbons (Fsp3) is 0.692. The quantitative estimate of drug-likeness (QED) is 0.835. The molecule has 1 unspecified atom stereocenters. The average molecular weight is 286 g/mol. The van der Waals surface area contributed by atoms with Gasteiger partial charge in [0.05, 0.1) is 11.5 Å². The Hall–Kier alpha value is -0.850. The summed E-state index contributed by atoms with van der Waals surface area (Å²) < 4.78 is 29.0. The molecule has 1 aromatic heterocycles. The van der Waals surface area contributed by atoms with Gasteiger partial charge in [-0.05, 0) is 45.6 Å². The molecule has 0 aromatic carbocycles. The van der Waals surface area contributed by atoms with Crippen LogP contribution < -0.4 is 4.72 Å². The minimum absolute atomic E-state index is 0.0232. The average Bonchev–Trinajstić information content (AvgIpc) is 3.06. The Morgan fingerprint density at radius 3 is 2.47 bits per heavy atom. The van der Waals surface area contributed by atoms with Gasteiger partial charge in [0, 0.05) is 24.0 Å². The molecule has 5 nitrogen and oxygen atoms in total. The molecular formula is C13H22N2O3S. The van der Waals surface area contributed by atoms with Crippen LogP contribution in [0.5, 0.6) is 0 Å².